The number of rotatable bonds is 9. The molecule has 7 nitrogen and oxygen atoms in total. The highest BCUT2D eigenvalue weighted by Crippen LogP contribution is 2.27. The van der Waals surface area contributed by atoms with Gasteiger partial charge in [-0.3, -0.25) is 9.10 Å². The predicted molar refractivity (Wildman–Crippen MR) is 143 cm³/mol. The van der Waals surface area contributed by atoms with Crippen LogP contribution in [0.3, 0.4) is 0 Å². The lowest BCUT2D eigenvalue weighted by Crippen LogP contribution is -2.42. The van der Waals surface area contributed by atoms with E-state index in [4.69, 9.17) is 11.6 Å². The molecule has 0 spiro atoms. The minimum Gasteiger partial charge on any atom is -0.348 e. The fourth-order valence-electron chi connectivity index (χ4n) is 3.67. The number of carbonyl (C=O) groups excluding carboxylic acids is 1. The molecule has 3 rings (SSSR count). The van der Waals surface area contributed by atoms with Crippen LogP contribution < -0.4 is 9.62 Å². The van der Waals surface area contributed by atoms with Gasteiger partial charge in [-0.2, -0.15) is 0 Å². The van der Waals surface area contributed by atoms with E-state index in [-0.39, 0.29) is 9.79 Å². The number of amides is 1. The summed E-state index contributed by atoms with van der Waals surface area (Å²) in [6, 6.07) is 16.9. The number of benzene rings is 3. The van der Waals surface area contributed by atoms with Gasteiger partial charge < -0.3 is 5.32 Å². The lowest BCUT2D eigenvalue weighted by atomic mass is 10.0. The maximum absolute atomic E-state index is 13.6. The SMILES string of the molecule is CCC(NC(=O)CN(c1ccc(C)c(C)c1)S(=O)(=O)c1ccc(Cl)cc1)c1ccc(S(C)(=O)=O)cc1. The molecule has 3 aromatic rings. The molecule has 0 aliphatic rings. The zero-order valence-corrected chi connectivity index (χ0v) is 22.9. The van der Waals surface area contributed by atoms with Gasteiger partial charge in [-0.05, 0) is 85.5 Å². The second-order valence-electron chi connectivity index (χ2n) is 8.60. The van der Waals surface area contributed by atoms with Crippen molar-refractivity contribution < 1.29 is 21.6 Å². The molecule has 1 amide bonds. The molecule has 0 saturated heterocycles. The highest BCUT2D eigenvalue weighted by Gasteiger charge is 2.28. The first-order valence-electron chi connectivity index (χ1n) is 11.3. The topological polar surface area (TPSA) is 101 Å². The van der Waals surface area contributed by atoms with Crippen molar-refractivity contribution in [3.8, 4) is 0 Å². The predicted octanol–water partition coefficient (Wildman–Crippen LogP) is 4.82. The second kappa shape index (κ2) is 11.0. The number of anilines is 1. The van der Waals surface area contributed by atoms with Crippen molar-refractivity contribution in [1.82, 2.24) is 5.32 Å². The number of sulfonamides is 1. The Morgan fingerprint density at radius 2 is 1.47 bits per heavy atom. The Morgan fingerprint density at radius 3 is 2.00 bits per heavy atom. The van der Waals surface area contributed by atoms with Crippen molar-refractivity contribution in [2.45, 2.75) is 43.0 Å². The number of nitrogens with one attached hydrogen (secondary N) is 1. The van der Waals surface area contributed by atoms with E-state index in [0.717, 1.165) is 27.3 Å². The van der Waals surface area contributed by atoms with Gasteiger partial charge in [0.25, 0.3) is 10.0 Å². The van der Waals surface area contributed by atoms with Crippen LogP contribution in [0.1, 0.15) is 36.1 Å². The first-order chi connectivity index (χ1) is 16.8. The zero-order chi connectivity index (χ0) is 26.7. The van der Waals surface area contributed by atoms with E-state index >= 15 is 0 Å². The van der Waals surface area contributed by atoms with Gasteiger partial charge in [-0.25, -0.2) is 16.8 Å². The Kier molecular flexibility index (Phi) is 8.48. The van der Waals surface area contributed by atoms with Crippen LogP contribution in [-0.4, -0.2) is 35.5 Å². The van der Waals surface area contributed by atoms with Crippen LogP contribution in [0.5, 0.6) is 0 Å². The molecular formula is C26H29ClN2O5S2. The third kappa shape index (κ3) is 6.46. The number of hydrogen-bond acceptors (Lipinski definition) is 5. The van der Waals surface area contributed by atoms with Gasteiger partial charge in [-0.1, -0.05) is 36.7 Å². The molecule has 10 heteroatoms. The largest absolute Gasteiger partial charge is 0.348 e. The van der Waals surface area contributed by atoms with Crippen LogP contribution in [0.25, 0.3) is 0 Å². The molecule has 1 atom stereocenters. The average Bonchev–Trinajstić information content (AvgIpc) is 2.82. The summed E-state index contributed by atoms with van der Waals surface area (Å²) >= 11 is 5.94. The summed E-state index contributed by atoms with van der Waals surface area (Å²) in [5.74, 6) is -0.496. The zero-order valence-electron chi connectivity index (χ0n) is 20.5. The molecule has 36 heavy (non-hydrogen) atoms. The fourth-order valence-corrected chi connectivity index (χ4v) is 5.84. The molecule has 0 aromatic heterocycles. The quantitative estimate of drug-likeness (QED) is 0.413. The summed E-state index contributed by atoms with van der Waals surface area (Å²) in [7, 11) is -7.42. The number of nitrogens with zero attached hydrogens (tertiary/aromatic N) is 1. The molecule has 0 saturated carbocycles. The highest BCUT2D eigenvalue weighted by molar-refractivity contribution is 7.93. The summed E-state index contributed by atoms with van der Waals surface area (Å²) in [6.07, 6.45) is 1.65. The van der Waals surface area contributed by atoms with Crippen LogP contribution in [0, 0.1) is 13.8 Å². The lowest BCUT2D eigenvalue weighted by Gasteiger charge is -2.26. The Hall–Kier alpha value is -2.88. The number of halogens is 1. The standard InChI is InChI=1S/C26H29ClN2O5S2/c1-5-25(20-7-12-23(13-8-20)35(4,31)32)28-26(30)17-29(22-11-6-18(2)19(3)16-22)36(33,34)24-14-9-21(27)10-15-24/h6-16,25H,5,17H2,1-4H3,(H,28,30). The van der Waals surface area contributed by atoms with Gasteiger partial charge in [0, 0.05) is 11.3 Å². The van der Waals surface area contributed by atoms with Gasteiger partial charge in [0.1, 0.15) is 6.54 Å². The van der Waals surface area contributed by atoms with Crippen molar-refractivity contribution in [1.29, 1.82) is 0 Å². The highest BCUT2D eigenvalue weighted by atomic mass is 35.5. The number of aryl methyl sites for hydroxylation is 2. The first kappa shape index (κ1) is 27.7. The third-order valence-electron chi connectivity index (χ3n) is 5.92. The van der Waals surface area contributed by atoms with E-state index in [1.165, 1.54) is 36.4 Å². The third-order valence-corrected chi connectivity index (χ3v) is 9.09. The lowest BCUT2D eigenvalue weighted by molar-refractivity contribution is -0.120. The van der Waals surface area contributed by atoms with E-state index in [2.05, 4.69) is 5.32 Å². The van der Waals surface area contributed by atoms with E-state index in [1.807, 2.05) is 26.8 Å². The van der Waals surface area contributed by atoms with Gasteiger partial charge in [0.15, 0.2) is 9.84 Å². The second-order valence-corrected chi connectivity index (χ2v) is 12.9. The molecule has 1 N–H and O–H groups in total. The maximum atomic E-state index is 13.6. The van der Waals surface area contributed by atoms with E-state index < -0.39 is 38.4 Å². The Labute approximate surface area is 218 Å². The van der Waals surface area contributed by atoms with Gasteiger partial charge in [0.05, 0.1) is 21.5 Å². The summed E-state index contributed by atoms with van der Waals surface area (Å²) in [5, 5.41) is 3.28. The molecular weight excluding hydrogens is 520 g/mol. The van der Waals surface area contributed by atoms with E-state index in [9.17, 15) is 21.6 Å². The van der Waals surface area contributed by atoms with Crippen LogP contribution in [0.4, 0.5) is 5.69 Å². The first-order valence-corrected chi connectivity index (χ1v) is 15.0. The minimum absolute atomic E-state index is 0.0151. The van der Waals surface area contributed by atoms with Crippen LogP contribution in [-0.2, 0) is 24.7 Å². The van der Waals surface area contributed by atoms with Crippen molar-refractivity contribution in [3.63, 3.8) is 0 Å². The fraction of sp³-hybridized carbons (Fsp3) is 0.269. The van der Waals surface area contributed by atoms with E-state index in [1.54, 1.807) is 24.3 Å². The van der Waals surface area contributed by atoms with Gasteiger partial charge in [0.2, 0.25) is 5.91 Å². The van der Waals surface area contributed by atoms with Crippen molar-refractivity contribution in [3.05, 3.63) is 88.4 Å². The number of sulfone groups is 1. The molecule has 0 bridgehead atoms. The number of hydrogen-bond donors (Lipinski definition) is 1. The summed E-state index contributed by atoms with van der Waals surface area (Å²) < 4.78 is 51.7. The molecule has 0 aliphatic heterocycles. The van der Waals surface area contributed by atoms with Crippen LogP contribution in [0.15, 0.2) is 76.5 Å². The summed E-state index contributed by atoms with van der Waals surface area (Å²) in [5.41, 5.74) is 2.97. The van der Waals surface area contributed by atoms with Crippen LogP contribution in [0.2, 0.25) is 5.02 Å². The Balaban J connectivity index is 1.92. The smallest absolute Gasteiger partial charge is 0.264 e. The minimum atomic E-state index is -4.08. The van der Waals surface area contributed by atoms with Crippen molar-refractivity contribution in [2.75, 3.05) is 17.1 Å². The molecule has 0 aliphatic carbocycles. The summed E-state index contributed by atoms with van der Waals surface area (Å²) in [6.45, 7) is 5.23. The van der Waals surface area contributed by atoms with Crippen molar-refractivity contribution in [2.24, 2.45) is 0 Å². The molecule has 0 radical (unpaired) electrons. The number of carbonyl (C=O) groups is 1. The molecule has 192 valence electrons. The molecule has 3 aromatic carbocycles. The summed E-state index contributed by atoms with van der Waals surface area (Å²) in [4.78, 5) is 13.3. The Morgan fingerprint density at radius 1 is 0.889 bits per heavy atom. The Bertz CT molecular complexity index is 1450. The van der Waals surface area contributed by atoms with Crippen LogP contribution >= 0.6 is 11.6 Å². The molecule has 0 fully saturated rings. The average molecular weight is 549 g/mol. The van der Waals surface area contributed by atoms with Gasteiger partial charge >= 0.3 is 0 Å². The molecule has 0 heterocycles. The maximum Gasteiger partial charge on any atom is 0.264 e. The molecule has 1 unspecified atom stereocenters. The monoisotopic (exact) mass is 548 g/mol. The van der Waals surface area contributed by atoms with Gasteiger partial charge in [-0.15, -0.1) is 0 Å². The van der Waals surface area contributed by atoms with Crippen molar-refractivity contribution >= 4 is 43.1 Å². The normalized spacial score (nSPS) is 12.7. The van der Waals surface area contributed by atoms with E-state index in [0.29, 0.717) is 17.1 Å².